The highest BCUT2D eigenvalue weighted by molar-refractivity contribution is 6.65. The molecule has 13 heteroatoms. The quantitative estimate of drug-likeness (QED) is 0.0865. The second-order valence-corrected chi connectivity index (χ2v) is 14.3. The molecule has 0 spiro atoms. The van der Waals surface area contributed by atoms with E-state index in [4.69, 9.17) is 41.1 Å². The molecule has 0 aliphatic carbocycles. The second kappa shape index (κ2) is 24.6. The Morgan fingerprint density at radius 3 is 1.58 bits per heavy atom. The summed E-state index contributed by atoms with van der Waals surface area (Å²) in [6.07, 6.45) is 1.68. The first-order chi connectivity index (χ1) is 17.2. The molecule has 0 rings (SSSR count). The number of hydrogen-bond donors (Lipinski definition) is 1. The molecule has 0 amide bonds. The van der Waals surface area contributed by atoms with Gasteiger partial charge in [-0.1, -0.05) is 6.58 Å². The molecule has 0 fully saturated rings. The predicted octanol–water partition coefficient (Wildman–Crippen LogP) is 2.38. The van der Waals surface area contributed by atoms with Crippen molar-refractivity contribution >= 4 is 23.3 Å². The van der Waals surface area contributed by atoms with Crippen molar-refractivity contribution in [2.45, 2.75) is 38.4 Å². The van der Waals surface area contributed by atoms with E-state index >= 15 is 0 Å². The van der Waals surface area contributed by atoms with Crippen molar-refractivity contribution in [3.05, 3.63) is 12.2 Å². The van der Waals surface area contributed by atoms with Crippen LogP contribution in [0.4, 0.5) is 0 Å². The van der Waals surface area contributed by atoms with Crippen LogP contribution in [0, 0.1) is 0 Å². The summed E-state index contributed by atoms with van der Waals surface area (Å²) < 4.78 is 48.6. The highest BCUT2D eigenvalue weighted by Gasteiger charge is 2.41. The summed E-state index contributed by atoms with van der Waals surface area (Å²) in [6.45, 7) is 10.9. The van der Waals surface area contributed by atoms with Crippen LogP contribution in [-0.4, -0.2) is 119 Å². The number of esters is 1. The molecule has 0 aliphatic rings. The molecule has 0 bridgehead atoms. The minimum absolute atomic E-state index is 0.245. The fourth-order valence-electron chi connectivity index (χ4n) is 2.63. The maximum atomic E-state index is 11.4. The van der Waals surface area contributed by atoms with E-state index < -0.39 is 23.3 Å². The molecule has 216 valence electrons. The lowest BCUT2D eigenvalue weighted by atomic mass is 10.4. The minimum Gasteiger partial charge on any atom is -0.462 e. The van der Waals surface area contributed by atoms with Gasteiger partial charge >= 0.3 is 23.3 Å². The van der Waals surface area contributed by atoms with Gasteiger partial charge in [0, 0.05) is 47.2 Å². The van der Waals surface area contributed by atoms with E-state index in [0.717, 1.165) is 19.0 Å². The fraction of sp³-hybridized carbons (Fsp3) is 0.870. The molecule has 0 aromatic heterocycles. The summed E-state index contributed by atoms with van der Waals surface area (Å²) in [5.74, 6) is -0.409. The van der Waals surface area contributed by atoms with Gasteiger partial charge in [0.1, 0.15) is 0 Å². The molecule has 0 aromatic carbocycles. The molecule has 0 radical (unpaired) electrons. The maximum Gasteiger partial charge on any atom is 0.501 e. The number of carbonyl (C=O) groups excluding carboxylic acids is 1. The van der Waals surface area contributed by atoms with Crippen molar-refractivity contribution < 1.29 is 45.9 Å². The molecule has 0 saturated carbocycles. The third-order valence-electron chi connectivity index (χ3n) is 4.96. The zero-order chi connectivity index (χ0) is 27.7. The van der Waals surface area contributed by atoms with Crippen molar-refractivity contribution in [1.82, 2.24) is 5.32 Å². The van der Waals surface area contributed by atoms with Crippen LogP contribution in [0.5, 0.6) is 0 Å². The van der Waals surface area contributed by atoms with Crippen molar-refractivity contribution in [1.29, 1.82) is 0 Å². The van der Waals surface area contributed by atoms with Gasteiger partial charge in [0.25, 0.3) is 0 Å². The summed E-state index contributed by atoms with van der Waals surface area (Å²) in [6, 6.07) is 1.56. The van der Waals surface area contributed by atoms with E-state index in [0.29, 0.717) is 57.7 Å². The highest BCUT2D eigenvalue weighted by Crippen LogP contribution is 2.19. The van der Waals surface area contributed by atoms with E-state index in [1.165, 1.54) is 0 Å². The van der Waals surface area contributed by atoms with E-state index in [1.807, 2.05) is 7.05 Å². The van der Waals surface area contributed by atoms with Crippen LogP contribution in [0.1, 0.15) is 19.8 Å². The van der Waals surface area contributed by atoms with Crippen molar-refractivity contribution in [2.75, 3.05) is 95.4 Å². The SMILES string of the molecule is C=C(C)C(=O)OCCC[Si](OCCOC)(OCCOC)OCCOC.CNCCC[Si](C)(OC)OC. The lowest BCUT2D eigenvalue weighted by Crippen LogP contribution is -2.48. The lowest BCUT2D eigenvalue weighted by molar-refractivity contribution is -0.139. The number of rotatable bonds is 23. The number of methoxy groups -OCH3 is 3. The summed E-state index contributed by atoms with van der Waals surface area (Å²) in [5.41, 5.74) is 0.368. The molecule has 0 unspecified atom stereocenters. The molecule has 0 saturated heterocycles. The van der Waals surface area contributed by atoms with Gasteiger partial charge < -0.3 is 46.4 Å². The Kier molecular flexibility index (Phi) is 25.6. The Bertz CT molecular complexity index is 512. The topological polar surface area (TPSA) is 112 Å². The van der Waals surface area contributed by atoms with Gasteiger partial charge in [0.15, 0.2) is 0 Å². The molecule has 36 heavy (non-hydrogen) atoms. The van der Waals surface area contributed by atoms with Crippen molar-refractivity contribution in [3.63, 3.8) is 0 Å². The first-order valence-electron chi connectivity index (χ1n) is 12.2. The van der Waals surface area contributed by atoms with Gasteiger partial charge in [-0.3, -0.25) is 0 Å². The van der Waals surface area contributed by atoms with Crippen LogP contribution in [0.2, 0.25) is 18.6 Å². The molecule has 1 N–H and O–H groups in total. The molecule has 0 aromatic rings. The van der Waals surface area contributed by atoms with Crippen LogP contribution >= 0.6 is 0 Å². The highest BCUT2D eigenvalue weighted by atomic mass is 28.4. The molecule has 0 heterocycles. The van der Waals surface area contributed by atoms with Gasteiger partial charge in [0.05, 0.1) is 46.2 Å². The van der Waals surface area contributed by atoms with Gasteiger partial charge in [-0.2, -0.15) is 0 Å². The van der Waals surface area contributed by atoms with Gasteiger partial charge in [0.2, 0.25) is 0 Å². The number of carbonyl (C=O) groups is 1. The fourth-order valence-corrected chi connectivity index (χ4v) is 6.47. The van der Waals surface area contributed by atoms with Crippen LogP contribution in [0.15, 0.2) is 12.2 Å². The van der Waals surface area contributed by atoms with E-state index in [-0.39, 0.29) is 6.61 Å². The average molecular weight is 558 g/mol. The number of ether oxygens (including phenoxy) is 4. The Hall–Kier alpha value is -0.716. The third kappa shape index (κ3) is 20.4. The van der Waals surface area contributed by atoms with E-state index in [2.05, 4.69) is 18.4 Å². The number of nitrogens with one attached hydrogen (secondary N) is 1. The first kappa shape index (κ1) is 37.4. The van der Waals surface area contributed by atoms with Gasteiger partial charge in [-0.05, 0) is 45.9 Å². The summed E-state index contributed by atoms with van der Waals surface area (Å²) >= 11 is 0. The summed E-state index contributed by atoms with van der Waals surface area (Å²) in [5, 5.41) is 3.10. The van der Waals surface area contributed by atoms with E-state index in [9.17, 15) is 4.79 Å². The number of hydrogen-bond acceptors (Lipinski definition) is 11. The lowest BCUT2D eigenvalue weighted by Gasteiger charge is -2.29. The Balaban J connectivity index is 0. The summed E-state index contributed by atoms with van der Waals surface area (Å²) in [7, 11) is 5.48. The predicted molar refractivity (Wildman–Crippen MR) is 143 cm³/mol. The average Bonchev–Trinajstić information content (AvgIpc) is 2.87. The molecule has 11 nitrogen and oxygen atoms in total. The van der Waals surface area contributed by atoms with Crippen LogP contribution in [0.3, 0.4) is 0 Å². The molecule has 0 aliphatic heterocycles. The monoisotopic (exact) mass is 557 g/mol. The zero-order valence-electron chi connectivity index (χ0n) is 23.8. The largest absolute Gasteiger partial charge is 0.501 e. The van der Waals surface area contributed by atoms with Crippen molar-refractivity contribution in [3.8, 4) is 0 Å². The Labute approximate surface area is 220 Å². The van der Waals surface area contributed by atoms with Crippen LogP contribution < -0.4 is 5.32 Å². The van der Waals surface area contributed by atoms with Crippen molar-refractivity contribution in [2.24, 2.45) is 0 Å². The first-order valence-corrected chi connectivity index (χ1v) is 16.6. The Morgan fingerprint density at radius 2 is 1.22 bits per heavy atom. The maximum absolute atomic E-state index is 11.4. The summed E-state index contributed by atoms with van der Waals surface area (Å²) in [4.78, 5) is 11.4. The molecule has 0 atom stereocenters. The minimum atomic E-state index is -2.96. The zero-order valence-corrected chi connectivity index (χ0v) is 25.8. The molecular weight excluding hydrogens is 506 g/mol. The molecular formula is C23H51NO10Si2. The standard InChI is InChI=1S/C16H32O8Si.C7H19NO2Si/c1-15(2)16(17)21-7-6-14-25(22-11-8-18-3,23-12-9-19-4)24-13-10-20-5;1-8-6-5-7-11(4,9-2)10-3/h1,6-14H2,2-5H3;8H,5-7H2,1-4H3. The van der Waals surface area contributed by atoms with Gasteiger partial charge in [-0.15, -0.1) is 0 Å². The third-order valence-corrected chi connectivity index (χ3v) is 10.8. The second-order valence-electron chi connectivity index (χ2n) is 7.98. The smallest absolute Gasteiger partial charge is 0.462 e. The normalized spacial score (nSPS) is 11.7. The van der Waals surface area contributed by atoms with Crippen LogP contribution in [-0.2, 0) is 45.9 Å². The van der Waals surface area contributed by atoms with Gasteiger partial charge in [-0.25, -0.2) is 4.79 Å². The Morgan fingerprint density at radius 1 is 0.750 bits per heavy atom. The van der Waals surface area contributed by atoms with E-state index in [1.54, 1.807) is 42.5 Å². The van der Waals surface area contributed by atoms with Crippen LogP contribution in [0.25, 0.3) is 0 Å².